The van der Waals surface area contributed by atoms with Gasteiger partial charge in [0.25, 0.3) is 5.79 Å². The Morgan fingerprint density at radius 1 is 0.909 bits per heavy atom. The van der Waals surface area contributed by atoms with Gasteiger partial charge in [-0.25, -0.2) is 4.79 Å². The lowest BCUT2D eigenvalue weighted by Gasteiger charge is -2.32. The third-order valence-electron chi connectivity index (χ3n) is 5.52. The second-order valence-corrected chi connectivity index (χ2v) is 8.13. The van der Waals surface area contributed by atoms with Crippen LogP contribution in [0.25, 0.3) is 16.5 Å². The fourth-order valence-corrected chi connectivity index (χ4v) is 4.17. The fourth-order valence-electron chi connectivity index (χ4n) is 4.17. The average Bonchev–Trinajstić information content (AvgIpc) is 3.15. The molecule has 5 nitrogen and oxygen atoms in total. The van der Waals surface area contributed by atoms with E-state index in [1.807, 2.05) is 62.4 Å². The highest BCUT2D eigenvalue weighted by Gasteiger charge is 2.51. The number of rotatable bonds is 5. The third-order valence-corrected chi connectivity index (χ3v) is 5.52. The molecule has 0 radical (unpaired) electrons. The molecule has 4 aromatic rings. The number of para-hydroxylation sites is 1. The van der Waals surface area contributed by atoms with E-state index in [1.165, 1.54) is 6.08 Å². The van der Waals surface area contributed by atoms with Crippen molar-refractivity contribution in [2.45, 2.75) is 25.7 Å². The minimum Gasteiger partial charge on any atom is -0.452 e. The van der Waals surface area contributed by atoms with Crippen LogP contribution in [-0.4, -0.2) is 11.9 Å². The van der Waals surface area contributed by atoms with Crippen molar-refractivity contribution in [2.75, 3.05) is 0 Å². The van der Waals surface area contributed by atoms with Crippen LogP contribution in [0.5, 0.6) is 5.75 Å². The molecule has 0 amide bonds. The quantitative estimate of drug-likeness (QED) is 0.226. The Labute approximate surface area is 190 Å². The van der Waals surface area contributed by atoms with Crippen molar-refractivity contribution in [3.8, 4) is 5.75 Å². The zero-order chi connectivity index (χ0) is 23.0. The normalized spacial score (nSPS) is 18.5. The van der Waals surface area contributed by atoms with Gasteiger partial charge in [0.15, 0.2) is 5.78 Å². The summed E-state index contributed by atoms with van der Waals surface area (Å²) in [5, 5.41) is 0.635. The zero-order valence-corrected chi connectivity index (χ0v) is 18.3. The Morgan fingerprint density at radius 2 is 1.55 bits per heavy atom. The predicted octanol–water partition coefficient (Wildman–Crippen LogP) is 5.73. The molecule has 1 aliphatic heterocycles. The third kappa shape index (κ3) is 3.56. The van der Waals surface area contributed by atoms with E-state index in [0.717, 1.165) is 0 Å². The zero-order valence-electron chi connectivity index (χ0n) is 18.3. The predicted molar refractivity (Wildman–Crippen MR) is 126 cm³/mol. The van der Waals surface area contributed by atoms with E-state index in [0.29, 0.717) is 33.4 Å². The summed E-state index contributed by atoms with van der Waals surface area (Å²) in [6, 6.07) is 25.4. The summed E-state index contributed by atoms with van der Waals surface area (Å²) in [5.41, 5.74) is 1.51. The lowest BCUT2D eigenvalue weighted by atomic mass is 9.92. The van der Waals surface area contributed by atoms with Gasteiger partial charge in [0.05, 0.1) is 17.1 Å². The number of fused-ring (bicyclic) bond motifs is 3. The van der Waals surface area contributed by atoms with Crippen molar-refractivity contribution < 1.29 is 18.7 Å². The van der Waals surface area contributed by atoms with Crippen molar-refractivity contribution in [1.82, 2.24) is 0 Å². The number of benzene rings is 3. The number of ketones is 1. The summed E-state index contributed by atoms with van der Waals surface area (Å²) in [4.78, 5) is 26.5. The molecule has 0 fully saturated rings. The van der Waals surface area contributed by atoms with Gasteiger partial charge in [-0.15, -0.1) is 0 Å². The molecule has 1 unspecified atom stereocenters. The van der Waals surface area contributed by atoms with E-state index in [2.05, 4.69) is 0 Å². The Morgan fingerprint density at radius 3 is 2.24 bits per heavy atom. The highest BCUT2D eigenvalue weighted by atomic mass is 16.7. The molecule has 0 N–H and O–H groups in total. The van der Waals surface area contributed by atoms with Gasteiger partial charge < -0.3 is 13.9 Å². The van der Waals surface area contributed by atoms with E-state index >= 15 is 0 Å². The monoisotopic (exact) mass is 438 g/mol. The molecule has 0 bridgehead atoms. The highest BCUT2D eigenvalue weighted by molar-refractivity contribution is 6.10. The van der Waals surface area contributed by atoms with Crippen molar-refractivity contribution in [3.05, 3.63) is 118 Å². The molecular formula is C28H22O5. The number of ether oxygens (including phenoxy) is 2. The topological polar surface area (TPSA) is 65.7 Å². The van der Waals surface area contributed by atoms with Crippen molar-refractivity contribution in [2.24, 2.45) is 0 Å². The van der Waals surface area contributed by atoms with E-state index in [9.17, 15) is 9.59 Å². The van der Waals surface area contributed by atoms with Gasteiger partial charge in [-0.1, -0.05) is 72.8 Å². The molecule has 33 heavy (non-hydrogen) atoms. The van der Waals surface area contributed by atoms with Gasteiger partial charge in [-0.3, -0.25) is 4.79 Å². The van der Waals surface area contributed by atoms with Crippen LogP contribution in [0.4, 0.5) is 0 Å². The maximum Gasteiger partial charge on any atom is 0.347 e. The number of carbonyl (C=O) groups is 1. The Bertz CT molecular complexity index is 1420. The van der Waals surface area contributed by atoms with Gasteiger partial charge in [0, 0.05) is 11.1 Å². The van der Waals surface area contributed by atoms with Crippen LogP contribution >= 0.6 is 0 Å². The van der Waals surface area contributed by atoms with Gasteiger partial charge in [-0.05, 0) is 32.1 Å². The van der Waals surface area contributed by atoms with E-state index in [-0.39, 0.29) is 17.5 Å². The Balaban J connectivity index is 1.83. The van der Waals surface area contributed by atoms with Crippen LogP contribution in [0.1, 0.15) is 35.3 Å². The molecule has 0 aliphatic carbocycles. The number of carbonyl (C=O) groups excluding carboxylic acids is 1. The number of hydrogen-bond donors (Lipinski definition) is 0. The molecule has 3 aromatic carbocycles. The first kappa shape index (κ1) is 20.9. The summed E-state index contributed by atoms with van der Waals surface area (Å²) in [6.45, 7) is 3.77. The Hall–Kier alpha value is -3.96. The lowest BCUT2D eigenvalue weighted by molar-refractivity contribution is -0.162. The molecule has 0 saturated heterocycles. The summed E-state index contributed by atoms with van der Waals surface area (Å²) < 4.78 is 18.5. The summed E-state index contributed by atoms with van der Waals surface area (Å²) in [5.74, 6) is -1.40. The number of hydrogen-bond acceptors (Lipinski definition) is 5. The van der Waals surface area contributed by atoms with Gasteiger partial charge >= 0.3 is 5.63 Å². The van der Waals surface area contributed by atoms with E-state index < -0.39 is 11.4 Å². The van der Waals surface area contributed by atoms with Crippen molar-refractivity contribution in [1.29, 1.82) is 0 Å². The van der Waals surface area contributed by atoms with Gasteiger partial charge in [-0.2, -0.15) is 0 Å². The number of allylic oxidation sites excluding steroid dienone is 1. The first-order valence-electron chi connectivity index (χ1n) is 10.8. The average molecular weight is 438 g/mol. The van der Waals surface area contributed by atoms with Crippen LogP contribution < -0.4 is 10.4 Å². The minimum atomic E-state index is -1.49. The van der Waals surface area contributed by atoms with Crippen molar-refractivity contribution >= 4 is 22.3 Å². The van der Waals surface area contributed by atoms with E-state index in [4.69, 9.17) is 13.9 Å². The van der Waals surface area contributed by atoms with Crippen LogP contribution in [0, 0.1) is 0 Å². The van der Waals surface area contributed by atoms with Crippen LogP contribution in [0.3, 0.4) is 0 Å². The van der Waals surface area contributed by atoms with Crippen LogP contribution in [-0.2, 0) is 10.5 Å². The largest absolute Gasteiger partial charge is 0.452 e. The maximum absolute atomic E-state index is 13.3. The smallest absolute Gasteiger partial charge is 0.347 e. The molecular weight excluding hydrogens is 416 g/mol. The molecule has 0 saturated carbocycles. The van der Waals surface area contributed by atoms with Crippen LogP contribution in [0.2, 0.25) is 0 Å². The Kier molecular flexibility index (Phi) is 5.19. The van der Waals surface area contributed by atoms with Crippen LogP contribution in [0.15, 0.2) is 100 Å². The fraction of sp³-hybridized carbons (Fsp3) is 0.143. The molecule has 5 rings (SSSR count). The summed E-state index contributed by atoms with van der Waals surface area (Å²) in [6.07, 6.45) is 1.16. The second kappa shape index (κ2) is 8.19. The molecule has 1 aliphatic rings. The molecule has 164 valence electrons. The standard InChI is InChI=1S/C28H22O5/c1-18(2)32-28(20-13-7-4-8-14-20)22(17-23(29)19-11-5-3-6-12-19)25-26(33-28)21-15-9-10-16-24(21)31-27(25)30/h3-18H,1-2H3. The second-order valence-electron chi connectivity index (χ2n) is 8.13. The van der Waals surface area contributed by atoms with E-state index in [1.54, 1.807) is 36.4 Å². The summed E-state index contributed by atoms with van der Waals surface area (Å²) >= 11 is 0. The molecule has 5 heteroatoms. The molecule has 2 heterocycles. The van der Waals surface area contributed by atoms with Crippen molar-refractivity contribution in [3.63, 3.8) is 0 Å². The van der Waals surface area contributed by atoms with Gasteiger partial charge in [0.1, 0.15) is 16.9 Å². The molecule has 1 aromatic heterocycles. The lowest BCUT2D eigenvalue weighted by Crippen LogP contribution is -2.37. The maximum atomic E-state index is 13.3. The SMILES string of the molecule is CC(C)OC1(c2ccccc2)Oc2c(c(=O)oc3ccccc23)C1=CC(=O)c1ccccc1. The first-order chi connectivity index (χ1) is 16.0. The highest BCUT2D eigenvalue weighted by Crippen LogP contribution is 2.52. The van der Waals surface area contributed by atoms with Gasteiger partial charge in [0.2, 0.25) is 0 Å². The minimum absolute atomic E-state index is 0.197. The first-order valence-corrected chi connectivity index (χ1v) is 10.8. The summed E-state index contributed by atoms with van der Waals surface area (Å²) in [7, 11) is 0. The molecule has 0 spiro atoms. The molecule has 1 atom stereocenters.